The van der Waals surface area contributed by atoms with Crippen molar-refractivity contribution in [3.63, 3.8) is 0 Å². The van der Waals surface area contributed by atoms with Crippen LogP contribution in [-0.2, 0) is 9.53 Å². The lowest BCUT2D eigenvalue weighted by molar-refractivity contribution is -0.145. The molecule has 0 spiro atoms. The van der Waals surface area contributed by atoms with Crippen LogP contribution >= 0.6 is 31.9 Å². The number of halogens is 2. The van der Waals surface area contributed by atoms with Crippen LogP contribution in [0.3, 0.4) is 0 Å². The van der Waals surface area contributed by atoms with Gasteiger partial charge in [-0.15, -0.1) is 0 Å². The second-order valence-corrected chi connectivity index (χ2v) is 5.55. The SMILES string of the molecule is COC(=O)C(C)C(C)Nc1c(Br)cccc1Br. The molecular weight excluding hydrogens is 350 g/mol. The minimum Gasteiger partial charge on any atom is -0.469 e. The summed E-state index contributed by atoms with van der Waals surface area (Å²) in [5, 5.41) is 3.30. The van der Waals surface area contributed by atoms with Crippen molar-refractivity contribution in [2.24, 2.45) is 5.92 Å². The zero-order valence-corrected chi connectivity index (χ0v) is 13.1. The Balaban J connectivity index is 2.81. The molecule has 0 aliphatic carbocycles. The summed E-state index contributed by atoms with van der Waals surface area (Å²) in [5.41, 5.74) is 0.941. The number of ether oxygens (including phenoxy) is 1. The van der Waals surface area contributed by atoms with Gasteiger partial charge in [0, 0.05) is 15.0 Å². The van der Waals surface area contributed by atoms with Crippen molar-refractivity contribution in [2.45, 2.75) is 19.9 Å². The van der Waals surface area contributed by atoms with Gasteiger partial charge in [0.05, 0.1) is 18.7 Å². The molecule has 1 rings (SSSR count). The summed E-state index contributed by atoms with van der Waals surface area (Å²) in [4.78, 5) is 11.4. The third-order valence-electron chi connectivity index (χ3n) is 2.66. The summed E-state index contributed by atoms with van der Waals surface area (Å²) in [6.45, 7) is 3.79. The molecule has 17 heavy (non-hydrogen) atoms. The highest BCUT2D eigenvalue weighted by Gasteiger charge is 2.21. The van der Waals surface area contributed by atoms with Gasteiger partial charge in [0.2, 0.25) is 0 Å². The first kappa shape index (κ1) is 14.5. The molecule has 0 bridgehead atoms. The minimum atomic E-state index is -0.215. The molecule has 3 nitrogen and oxygen atoms in total. The van der Waals surface area contributed by atoms with E-state index in [-0.39, 0.29) is 17.9 Å². The highest BCUT2D eigenvalue weighted by atomic mass is 79.9. The van der Waals surface area contributed by atoms with Gasteiger partial charge in [0.1, 0.15) is 0 Å². The van der Waals surface area contributed by atoms with E-state index in [4.69, 9.17) is 4.74 Å². The summed E-state index contributed by atoms with van der Waals surface area (Å²) in [6.07, 6.45) is 0. The number of nitrogens with one attached hydrogen (secondary N) is 1. The molecule has 0 saturated carbocycles. The Labute approximate surface area is 118 Å². The molecule has 2 unspecified atom stereocenters. The summed E-state index contributed by atoms with van der Waals surface area (Å²) in [7, 11) is 1.40. The topological polar surface area (TPSA) is 38.3 Å². The van der Waals surface area contributed by atoms with E-state index >= 15 is 0 Å². The van der Waals surface area contributed by atoms with Crippen LogP contribution in [0.4, 0.5) is 5.69 Å². The van der Waals surface area contributed by atoms with E-state index in [9.17, 15) is 4.79 Å². The second-order valence-electron chi connectivity index (χ2n) is 3.84. The first-order chi connectivity index (χ1) is 7.97. The Morgan fingerprint density at radius 3 is 2.29 bits per heavy atom. The number of anilines is 1. The summed E-state index contributed by atoms with van der Waals surface area (Å²) in [6, 6.07) is 5.82. The van der Waals surface area contributed by atoms with E-state index in [0.29, 0.717) is 0 Å². The quantitative estimate of drug-likeness (QED) is 0.825. The number of methoxy groups -OCH3 is 1. The Bertz CT molecular complexity index is 389. The molecule has 0 amide bonds. The van der Waals surface area contributed by atoms with Gasteiger partial charge in [-0.1, -0.05) is 6.07 Å². The van der Waals surface area contributed by atoms with Crippen LogP contribution in [0.1, 0.15) is 13.8 Å². The zero-order valence-electron chi connectivity index (χ0n) is 9.96. The number of carbonyl (C=O) groups is 1. The van der Waals surface area contributed by atoms with Crippen molar-refractivity contribution in [1.82, 2.24) is 0 Å². The van der Waals surface area contributed by atoms with Gasteiger partial charge >= 0.3 is 5.97 Å². The van der Waals surface area contributed by atoms with E-state index in [2.05, 4.69) is 37.2 Å². The molecular formula is C12H15Br2NO2. The average Bonchev–Trinajstić information content (AvgIpc) is 2.31. The maximum atomic E-state index is 11.4. The van der Waals surface area contributed by atoms with Gasteiger partial charge in [-0.25, -0.2) is 0 Å². The van der Waals surface area contributed by atoms with Crippen LogP contribution in [0.5, 0.6) is 0 Å². The Morgan fingerprint density at radius 1 is 1.29 bits per heavy atom. The van der Waals surface area contributed by atoms with E-state index in [1.807, 2.05) is 32.0 Å². The summed E-state index contributed by atoms with van der Waals surface area (Å²) in [5.74, 6) is -0.424. The summed E-state index contributed by atoms with van der Waals surface area (Å²) >= 11 is 6.94. The van der Waals surface area contributed by atoms with Crippen molar-refractivity contribution in [2.75, 3.05) is 12.4 Å². The lowest BCUT2D eigenvalue weighted by Gasteiger charge is -2.22. The summed E-state index contributed by atoms with van der Waals surface area (Å²) < 4.78 is 6.64. The molecule has 0 aliphatic heterocycles. The van der Waals surface area contributed by atoms with E-state index in [0.717, 1.165) is 14.6 Å². The largest absolute Gasteiger partial charge is 0.469 e. The molecule has 1 aromatic rings. The van der Waals surface area contributed by atoms with E-state index in [1.165, 1.54) is 7.11 Å². The smallest absolute Gasteiger partial charge is 0.310 e. The number of rotatable bonds is 4. The first-order valence-corrected chi connectivity index (χ1v) is 6.84. The Hall–Kier alpha value is -0.550. The highest BCUT2D eigenvalue weighted by molar-refractivity contribution is 9.11. The molecule has 0 heterocycles. The zero-order chi connectivity index (χ0) is 13.0. The fourth-order valence-corrected chi connectivity index (χ4v) is 2.61. The number of carbonyl (C=O) groups excluding carboxylic acids is 1. The molecule has 2 atom stereocenters. The number of hydrogen-bond acceptors (Lipinski definition) is 3. The lowest BCUT2D eigenvalue weighted by Crippen LogP contribution is -2.30. The molecule has 0 saturated heterocycles. The van der Waals surface area contributed by atoms with Crippen LogP contribution in [0, 0.1) is 5.92 Å². The molecule has 0 aliphatic rings. The van der Waals surface area contributed by atoms with Gasteiger partial charge in [0.15, 0.2) is 0 Å². The molecule has 1 aromatic carbocycles. The normalized spacial score (nSPS) is 13.9. The van der Waals surface area contributed by atoms with Gasteiger partial charge < -0.3 is 10.1 Å². The Morgan fingerprint density at radius 2 is 1.82 bits per heavy atom. The number of benzene rings is 1. The fraction of sp³-hybridized carbons (Fsp3) is 0.417. The molecule has 1 N–H and O–H groups in total. The van der Waals surface area contributed by atoms with Gasteiger partial charge in [-0.2, -0.15) is 0 Å². The predicted molar refractivity (Wildman–Crippen MR) is 76.1 cm³/mol. The van der Waals surface area contributed by atoms with Crippen molar-refractivity contribution < 1.29 is 9.53 Å². The second kappa shape index (κ2) is 6.40. The third-order valence-corrected chi connectivity index (χ3v) is 3.98. The number of hydrogen-bond donors (Lipinski definition) is 1. The molecule has 0 fully saturated rings. The van der Waals surface area contributed by atoms with Crippen LogP contribution in [0.2, 0.25) is 0 Å². The molecule has 0 aromatic heterocycles. The van der Waals surface area contributed by atoms with Crippen LogP contribution in [0.15, 0.2) is 27.1 Å². The highest BCUT2D eigenvalue weighted by Crippen LogP contribution is 2.31. The predicted octanol–water partition coefficient (Wildman–Crippen LogP) is 3.82. The molecule has 0 radical (unpaired) electrons. The van der Waals surface area contributed by atoms with Crippen LogP contribution in [-0.4, -0.2) is 19.1 Å². The maximum absolute atomic E-state index is 11.4. The maximum Gasteiger partial charge on any atom is 0.310 e. The third kappa shape index (κ3) is 3.71. The lowest BCUT2D eigenvalue weighted by atomic mass is 10.0. The van der Waals surface area contributed by atoms with Crippen molar-refractivity contribution in [3.05, 3.63) is 27.1 Å². The average molecular weight is 365 g/mol. The number of para-hydroxylation sites is 1. The first-order valence-electron chi connectivity index (χ1n) is 5.25. The van der Waals surface area contributed by atoms with Gasteiger partial charge in [-0.3, -0.25) is 4.79 Å². The fourth-order valence-electron chi connectivity index (χ4n) is 1.38. The molecule has 5 heteroatoms. The van der Waals surface area contributed by atoms with Crippen molar-refractivity contribution in [1.29, 1.82) is 0 Å². The number of esters is 1. The van der Waals surface area contributed by atoms with Gasteiger partial charge in [0.25, 0.3) is 0 Å². The Kier molecular flexibility index (Phi) is 5.46. The standard InChI is InChI=1S/C12H15Br2NO2/c1-7(12(16)17-3)8(2)15-11-9(13)5-4-6-10(11)14/h4-8,15H,1-3H3. The van der Waals surface area contributed by atoms with Crippen LogP contribution in [0.25, 0.3) is 0 Å². The van der Waals surface area contributed by atoms with Gasteiger partial charge in [-0.05, 0) is 57.8 Å². The van der Waals surface area contributed by atoms with Crippen molar-refractivity contribution in [3.8, 4) is 0 Å². The van der Waals surface area contributed by atoms with E-state index < -0.39 is 0 Å². The minimum absolute atomic E-state index is 0.0162. The van der Waals surface area contributed by atoms with E-state index in [1.54, 1.807) is 0 Å². The molecule has 94 valence electrons. The van der Waals surface area contributed by atoms with Crippen molar-refractivity contribution >= 4 is 43.5 Å². The van der Waals surface area contributed by atoms with Crippen LogP contribution < -0.4 is 5.32 Å². The monoisotopic (exact) mass is 363 g/mol.